The molecule has 1 saturated carbocycles. The lowest BCUT2D eigenvalue weighted by atomic mass is 9.72. The first-order valence-corrected chi connectivity index (χ1v) is 14.5. The maximum Gasteiger partial charge on any atom is 0.411 e. The number of rotatable bonds is 5. The summed E-state index contributed by atoms with van der Waals surface area (Å²) in [5, 5.41) is 5.32. The number of nitrogens with zero attached hydrogens (tertiary/aromatic N) is 3. The lowest BCUT2D eigenvalue weighted by molar-refractivity contribution is -0.226. The minimum Gasteiger partial charge on any atom is -0.461 e. The van der Waals surface area contributed by atoms with Crippen molar-refractivity contribution in [2.45, 2.75) is 73.1 Å². The number of aldehydes is 1. The highest BCUT2D eigenvalue weighted by Gasteiger charge is 2.54. The third-order valence-electron chi connectivity index (χ3n) is 7.68. The van der Waals surface area contributed by atoms with Gasteiger partial charge in [0, 0.05) is 48.3 Å². The molecule has 2 unspecified atom stereocenters. The zero-order chi connectivity index (χ0) is 31.2. The van der Waals surface area contributed by atoms with Gasteiger partial charge in [0.05, 0.1) is 11.8 Å². The Balaban J connectivity index is 0.000000229. The molecule has 1 aliphatic heterocycles. The summed E-state index contributed by atoms with van der Waals surface area (Å²) in [6, 6.07) is 7.59. The summed E-state index contributed by atoms with van der Waals surface area (Å²) in [5.74, 6) is 2.55. The van der Waals surface area contributed by atoms with Gasteiger partial charge >= 0.3 is 6.18 Å². The number of fused-ring (bicyclic) bond motifs is 3. The standard InChI is InChI=1S/C19H16N2O3.C9H14F3NO.2C2H6/c1-11-13(3)23-18-8-15(4-5-16(11)18)24-17-6-7-20-21-9-14(10-22)12(2)19(17)21;1-13-4-7-2-3-8(7,5-13)14-6-9(10,11)12;2*1-2/h4-10H,1-3H3;7H,2-6H2,1H3;2*1-2H3. The van der Waals surface area contributed by atoms with Crippen molar-refractivity contribution in [3.63, 3.8) is 0 Å². The number of carbonyl (C=O) groups is 1. The van der Waals surface area contributed by atoms with Crippen LogP contribution in [-0.4, -0.2) is 59.3 Å². The third kappa shape index (κ3) is 6.98. The summed E-state index contributed by atoms with van der Waals surface area (Å²) in [6.45, 7) is 14.3. The number of hydrogen-bond acceptors (Lipinski definition) is 6. The Bertz CT molecular complexity index is 1490. The molecule has 1 aliphatic carbocycles. The lowest BCUT2D eigenvalue weighted by Crippen LogP contribution is -2.50. The Labute approximate surface area is 245 Å². The number of alkyl halides is 3. The Morgan fingerprint density at radius 1 is 1.12 bits per heavy atom. The van der Waals surface area contributed by atoms with Crippen molar-refractivity contribution in [1.29, 1.82) is 0 Å². The Morgan fingerprint density at radius 3 is 2.43 bits per heavy atom. The summed E-state index contributed by atoms with van der Waals surface area (Å²) in [7, 11) is 1.93. The molecular formula is C32H42F3N3O4. The molecule has 2 aliphatic rings. The van der Waals surface area contributed by atoms with Gasteiger partial charge in [-0.1, -0.05) is 27.7 Å². The maximum atomic E-state index is 12.0. The van der Waals surface area contributed by atoms with E-state index in [1.54, 1.807) is 23.0 Å². The number of likely N-dealkylation sites (tertiary alicyclic amines) is 1. The van der Waals surface area contributed by atoms with Crippen LogP contribution < -0.4 is 4.74 Å². The van der Waals surface area contributed by atoms with E-state index in [-0.39, 0.29) is 0 Å². The van der Waals surface area contributed by atoms with Crippen LogP contribution in [0.25, 0.3) is 16.5 Å². The number of furan rings is 1. The van der Waals surface area contributed by atoms with Gasteiger partial charge in [0.2, 0.25) is 0 Å². The first-order chi connectivity index (χ1) is 20.0. The Kier molecular flexibility index (Phi) is 10.8. The number of ether oxygens (including phenoxy) is 2. The second kappa shape index (κ2) is 13.7. The number of likely N-dealkylation sites (N-methyl/N-ethyl adjacent to an activating group) is 1. The van der Waals surface area contributed by atoms with Crippen LogP contribution in [0.5, 0.6) is 11.5 Å². The van der Waals surface area contributed by atoms with Gasteiger partial charge in [-0.05, 0) is 63.9 Å². The number of aromatic nitrogens is 2. The van der Waals surface area contributed by atoms with Gasteiger partial charge < -0.3 is 18.8 Å². The van der Waals surface area contributed by atoms with E-state index in [4.69, 9.17) is 13.9 Å². The molecule has 2 fully saturated rings. The molecule has 3 aromatic heterocycles. The van der Waals surface area contributed by atoms with Crippen LogP contribution in [0, 0.1) is 26.7 Å². The normalized spacial score (nSPS) is 19.5. The smallest absolute Gasteiger partial charge is 0.411 e. The molecule has 4 aromatic rings. The molecule has 1 aromatic carbocycles. The fourth-order valence-electron chi connectivity index (χ4n) is 5.46. The van der Waals surface area contributed by atoms with Crippen LogP contribution >= 0.6 is 0 Å². The van der Waals surface area contributed by atoms with Gasteiger partial charge in [0.1, 0.15) is 29.2 Å². The van der Waals surface area contributed by atoms with E-state index in [0.717, 1.165) is 59.0 Å². The SMILES string of the molecule is CC.CC.CN1CC2CCC2(OCC(F)(F)F)C1.Cc1oc2cc(Oc3ccnn4cc(C=O)c(C)c34)ccc2c1C. The van der Waals surface area contributed by atoms with Crippen molar-refractivity contribution < 1.29 is 31.9 Å². The molecule has 6 rings (SSSR count). The molecule has 42 heavy (non-hydrogen) atoms. The van der Waals surface area contributed by atoms with Crippen LogP contribution in [0.3, 0.4) is 0 Å². The third-order valence-corrected chi connectivity index (χ3v) is 7.68. The highest BCUT2D eigenvalue weighted by Crippen LogP contribution is 2.47. The van der Waals surface area contributed by atoms with Crippen molar-refractivity contribution in [3.8, 4) is 11.5 Å². The van der Waals surface area contributed by atoms with E-state index in [2.05, 4.69) is 5.10 Å². The van der Waals surface area contributed by atoms with Crippen LogP contribution in [0.15, 0.2) is 41.1 Å². The number of hydrogen-bond donors (Lipinski definition) is 0. The molecule has 1 saturated heterocycles. The first kappa shape index (κ1) is 33.1. The Hall–Kier alpha value is -3.37. The van der Waals surface area contributed by atoms with Crippen molar-refractivity contribution in [2.24, 2.45) is 5.92 Å². The molecule has 0 amide bonds. The molecule has 0 N–H and O–H groups in total. The second-order valence-corrected chi connectivity index (χ2v) is 10.3. The zero-order valence-corrected chi connectivity index (χ0v) is 25.8. The van der Waals surface area contributed by atoms with Crippen LogP contribution in [0.1, 0.15) is 67.8 Å². The molecule has 7 nitrogen and oxygen atoms in total. The fraction of sp³-hybridized carbons (Fsp3) is 0.500. The van der Waals surface area contributed by atoms with E-state index in [1.807, 2.05) is 78.6 Å². The maximum absolute atomic E-state index is 12.0. The van der Waals surface area contributed by atoms with E-state index in [9.17, 15) is 18.0 Å². The van der Waals surface area contributed by atoms with Crippen LogP contribution in [0.4, 0.5) is 13.2 Å². The predicted molar refractivity (Wildman–Crippen MR) is 159 cm³/mol. The minimum atomic E-state index is -4.20. The molecular weight excluding hydrogens is 547 g/mol. The number of aryl methyl sites for hydroxylation is 3. The van der Waals surface area contributed by atoms with Gasteiger partial charge in [-0.2, -0.15) is 18.3 Å². The van der Waals surface area contributed by atoms with Crippen molar-refractivity contribution in [2.75, 3.05) is 26.7 Å². The van der Waals surface area contributed by atoms with Gasteiger partial charge in [0.25, 0.3) is 0 Å². The molecule has 0 spiro atoms. The highest BCUT2D eigenvalue weighted by molar-refractivity contribution is 5.85. The number of halogens is 3. The molecule has 0 radical (unpaired) electrons. The van der Waals surface area contributed by atoms with E-state index in [0.29, 0.717) is 29.5 Å². The van der Waals surface area contributed by atoms with E-state index >= 15 is 0 Å². The number of benzene rings is 1. The molecule has 2 atom stereocenters. The zero-order valence-electron chi connectivity index (χ0n) is 25.8. The van der Waals surface area contributed by atoms with Crippen molar-refractivity contribution in [1.82, 2.24) is 14.5 Å². The summed E-state index contributed by atoms with van der Waals surface area (Å²) in [5.41, 5.74) is 3.69. The minimum absolute atomic E-state index is 0.315. The first-order valence-electron chi connectivity index (χ1n) is 14.5. The van der Waals surface area contributed by atoms with Gasteiger partial charge in [-0.15, -0.1) is 0 Å². The topological polar surface area (TPSA) is 69.2 Å². The largest absolute Gasteiger partial charge is 0.461 e. The number of carbonyl (C=O) groups excluding carboxylic acids is 1. The molecule has 10 heteroatoms. The molecule has 0 bridgehead atoms. The molecule has 4 heterocycles. The Morgan fingerprint density at radius 2 is 1.83 bits per heavy atom. The highest BCUT2D eigenvalue weighted by atomic mass is 19.4. The van der Waals surface area contributed by atoms with E-state index in [1.165, 1.54) is 0 Å². The van der Waals surface area contributed by atoms with Crippen molar-refractivity contribution in [3.05, 3.63) is 59.1 Å². The van der Waals surface area contributed by atoms with Gasteiger partial charge in [-0.3, -0.25) is 4.79 Å². The van der Waals surface area contributed by atoms with Crippen LogP contribution in [0.2, 0.25) is 0 Å². The quantitative estimate of drug-likeness (QED) is 0.218. The van der Waals surface area contributed by atoms with E-state index < -0.39 is 18.4 Å². The average Bonchev–Trinajstić information content (AvgIpc) is 3.53. The van der Waals surface area contributed by atoms with Gasteiger partial charge in [0.15, 0.2) is 12.0 Å². The summed E-state index contributed by atoms with van der Waals surface area (Å²) in [6.07, 6.45) is 1.76. The summed E-state index contributed by atoms with van der Waals surface area (Å²) < 4.78 is 54.5. The monoisotopic (exact) mass is 589 g/mol. The fourth-order valence-corrected chi connectivity index (χ4v) is 5.46. The second-order valence-electron chi connectivity index (χ2n) is 10.3. The average molecular weight is 590 g/mol. The lowest BCUT2D eigenvalue weighted by Gasteiger charge is -2.43. The van der Waals surface area contributed by atoms with Crippen molar-refractivity contribution >= 4 is 22.8 Å². The summed E-state index contributed by atoms with van der Waals surface area (Å²) >= 11 is 0. The summed E-state index contributed by atoms with van der Waals surface area (Å²) in [4.78, 5) is 13.2. The molecule has 230 valence electrons. The van der Waals surface area contributed by atoms with Gasteiger partial charge in [-0.25, -0.2) is 4.52 Å². The van der Waals surface area contributed by atoms with Crippen LogP contribution in [-0.2, 0) is 4.74 Å². The predicted octanol–water partition coefficient (Wildman–Crippen LogP) is 8.32.